The summed E-state index contributed by atoms with van der Waals surface area (Å²) in [4.78, 5) is 23.6. The van der Waals surface area contributed by atoms with E-state index in [2.05, 4.69) is 32.4 Å². The van der Waals surface area contributed by atoms with Crippen molar-refractivity contribution in [2.75, 3.05) is 26.0 Å². The highest BCUT2D eigenvalue weighted by atomic mass is 35.5. The number of carbonyl (C=O) groups is 1. The van der Waals surface area contributed by atoms with Gasteiger partial charge in [-0.05, 0) is 54.8 Å². The third-order valence-electron chi connectivity index (χ3n) is 6.19. The fourth-order valence-corrected chi connectivity index (χ4v) is 5.26. The Morgan fingerprint density at radius 2 is 2.10 bits per heavy atom. The number of amides is 1. The number of nitrogens with one attached hydrogen (secondary N) is 2. The van der Waals surface area contributed by atoms with Gasteiger partial charge >= 0.3 is 6.09 Å². The van der Waals surface area contributed by atoms with E-state index in [4.69, 9.17) is 21.1 Å². The first kappa shape index (κ1) is 27.6. The van der Waals surface area contributed by atoms with Crippen molar-refractivity contribution in [3.63, 3.8) is 0 Å². The lowest BCUT2D eigenvalue weighted by Gasteiger charge is -2.15. The van der Waals surface area contributed by atoms with E-state index in [0.29, 0.717) is 28.8 Å². The molecule has 2 N–H and O–H groups in total. The van der Waals surface area contributed by atoms with Crippen LogP contribution in [0.4, 0.5) is 20.7 Å². The zero-order chi connectivity index (χ0) is 28.1. The lowest BCUT2D eigenvalue weighted by Crippen LogP contribution is -2.34. The third-order valence-corrected chi connectivity index (χ3v) is 7.44. The standard InChI is InChI=1S/C29H27ClFN5O3S/c1-36(2)29(37)39-16-22-7-6-20(34-22)8-10-23-14-24-27(32-17-33-28(24)40-23)35-21-9-11-26(25(30)13-21)38-15-18-4-3-5-19(31)12-18/h3-5,9,11-14,17,20,22,34H,6-7,15-16H2,1-2H3,(H,32,33,35)/t20-,22-/m1/s1. The molecule has 2 aromatic heterocycles. The Balaban J connectivity index is 1.22. The number of fused-ring (bicyclic) bond motifs is 1. The van der Waals surface area contributed by atoms with Gasteiger partial charge in [0.15, 0.2) is 0 Å². The number of nitrogens with zero attached hydrogens (tertiary/aromatic N) is 3. The molecule has 0 radical (unpaired) electrons. The van der Waals surface area contributed by atoms with Gasteiger partial charge < -0.3 is 19.7 Å². The molecule has 1 aliphatic rings. The van der Waals surface area contributed by atoms with E-state index in [9.17, 15) is 9.18 Å². The van der Waals surface area contributed by atoms with Crippen molar-refractivity contribution in [1.82, 2.24) is 20.2 Å². The maximum atomic E-state index is 13.4. The number of carbonyl (C=O) groups excluding carboxylic acids is 1. The van der Waals surface area contributed by atoms with Gasteiger partial charge in [-0.3, -0.25) is 5.32 Å². The van der Waals surface area contributed by atoms with Crippen LogP contribution in [-0.2, 0) is 11.3 Å². The highest BCUT2D eigenvalue weighted by Crippen LogP contribution is 2.33. The van der Waals surface area contributed by atoms with Crippen LogP contribution in [0.3, 0.4) is 0 Å². The predicted octanol–water partition coefficient (Wildman–Crippen LogP) is 5.98. The molecule has 2 atom stereocenters. The van der Waals surface area contributed by atoms with Crippen molar-refractivity contribution < 1.29 is 18.7 Å². The smallest absolute Gasteiger partial charge is 0.409 e. The summed E-state index contributed by atoms with van der Waals surface area (Å²) in [6, 6.07) is 13.7. The van der Waals surface area contributed by atoms with Crippen LogP contribution in [-0.4, -0.2) is 53.7 Å². The summed E-state index contributed by atoms with van der Waals surface area (Å²) in [6.07, 6.45) is 2.94. The Morgan fingerprint density at radius 3 is 2.90 bits per heavy atom. The summed E-state index contributed by atoms with van der Waals surface area (Å²) in [5.41, 5.74) is 1.45. The maximum absolute atomic E-state index is 13.4. The number of aromatic nitrogens is 2. The van der Waals surface area contributed by atoms with Crippen molar-refractivity contribution in [3.05, 3.63) is 76.1 Å². The lowest BCUT2D eigenvalue weighted by atomic mass is 10.2. The van der Waals surface area contributed by atoms with Crippen LogP contribution in [0.15, 0.2) is 54.9 Å². The molecule has 206 valence electrons. The fourth-order valence-electron chi connectivity index (χ4n) is 4.16. The summed E-state index contributed by atoms with van der Waals surface area (Å²) in [6.45, 7) is 0.531. The molecule has 2 aromatic carbocycles. The van der Waals surface area contributed by atoms with Crippen molar-refractivity contribution in [2.45, 2.75) is 31.5 Å². The SMILES string of the molecule is CN(C)C(=O)OC[C@H]1CC[C@H](C#Cc2cc3c(Nc4ccc(OCc5cccc(F)c5)c(Cl)c4)ncnc3s2)N1. The first-order valence-corrected chi connectivity index (χ1v) is 13.8. The van der Waals surface area contributed by atoms with Crippen LogP contribution < -0.4 is 15.4 Å². The summed E-state index contributed by atoms with van der Waals surface area (Å²) >= 11 is 7.95. The molecule has 1 fully saturated rings. The van der Waals surface area contributed by atoms with Crippen LogP contribution in [0.5, 0.6) is 5.75 Å². The summed E-state index contributed by atoms with van der Waals surface area (Å²) in [5, 5.41) is 8.00. The van der Waals surface area contributed by atoms with Crippen LogP contribution in [0, 0.1) is 17.7 Å². The van der Waals surface area contributed by atoms with Gasteiger partial charge in [0.25, 0.3) is 0 Å². The maximum Gasteiger partial charge on any atom is 0.409 e. The van der Waals surface area contributed by atoms with Crippen LogP contribution in [0.25, 0.3) is 10.2 Å². The summed E-state index contributed by atoms with van der Waals surface area (Å²) in [5.74, 6) is 7.36. The molecular formula is C29H27ClFN5O3S. The van der Waals surface area contributed by atoms with Crippen molar-refractivity contribution in [3.8, 4) is 17.6 Å². The molecule has 4 aromatic rings. The van der Waals surface area contributed by atoms with E-state index in [1.54, 1.807) is 38.4 Å². The Hall–Kier alpha value is -3.91. The highest BCUT2D eigenvalue weighted by molar-refractivity contribution is 7.19. The number of benzene rings is 2. The number of hydrogen-bond acceptors (Lipinski definition) is 8. The zero-order valence-corrected chi connectivity index (χ0v) is 23.5. The summed E-state index contributed by atoms with van der Waals surface area (Å²) in [7, 11) is 3.32. The second-order valence-electron chi connectivity index (χ2n) is 9.47. The molecule has 3 heterocycles. The molecular weight excluding hydrogens is 553 g/mol. The number of halogens is 2. The summed E-state index contributed by atoms with van der Waals surface area (Å²) < 4.78 is 24.5. The van der Waals surface area contributed by atoms with Crippen molar-refractivity contribution in [1.29, 1.82) is 0 Å². The minimum absolute atomic E-state index is 0.0285. The number of anilines is 2. The van der Waals surface area contributed by atoms with Crippen LogP contribution in [0.1, 0.15) is 23.3 Å². The van der Waals surface area contributed by atoms with Crippen molar-refractivity contribution >= 4 is 50.8 Å². The van der Waals surface area contributed by atoms with Crippen LogP contribution in [0.2, 0.25) is 5.02 Å². The first-order chi connectivity index (χ1) is 19.3. The average Bonchev–Trinajstić information content (AvgIpc) is 3.57. The van der Waals surface area contributed by atoms with Gasteiger partial charge in [0, 0.05) is 25.8 Å². The van der Waals surface area contributed by atoms with Gasteiger partial charge in [-0.1, -0.05) is 35.6 Å². The van der Waals surface area contributed by atoms with E-state index < -0.39 is 0 Å². The highest BCUT2D eigenvalue weighted by Gasteiger charge is 2.23. The number of thiophene rings is 1. The van der Waals surface area contributed by atoms with E-state index in [-0.39, 0.29) is 30.6 Å². The molecule has 8 nitrogen and oxygen atoms in total. The Morgan fingerprint density at radius 1 is 1.23 bits per heavy atom. The minimum Gasteiger partial charge on any atom is -0.487 e. The molecule has 0 unspecified atom stereocenters. The second-order valence-corrected chi connectivity index (χ2v) is 10.9. The number of ether oxygens (including phenoxy) is 2. The van der Waals surface area contributed by atoms with Crippen molar-refractivity contribution in [2.24, 2.45) is 0 Å². The van der Waals surface area contributed by atoms with Crippen LogP contribution >= 0.6 is 22.9 Å². The topological polar surface area (TPSA) is 88.6 Å². The third kappa shape index (κ3) is 6.99. The van der Waals surface area contributed by atoms with Gasteiger partial charge in [0.05, 0.1) is 21.3 Å². The molecule has 1 aliphatic heterocycles. The number of rotatable bonds is 7. The zero-order valence-electron chi connectivity index (χ0n) is 21.9. The van der Waals surface area contributed by atoms with E-state index >= 15 is 0 Å². The largest absolute Gasteiger partial charge is 0.487 e. The Labute approximate surface area is 240 Å². The molecule has 40 heavy (non-hydrogen) atoms. The molecule has 0 spiro atoms. The van der Waals surface area contributed by atoms with Gasteiger partial charge in [0.2, 0.25) is 0 Å². The van der Waals surface area contributed by atoms with Gasteiger partial charge in [-0.2, -0.15) is 0 Å². The molecule has 1 amide bonds. The first-order valence-electron chi connectivity index (χ1n) is 12.6. The molecule has 1 saturated heterocycles. The predicted molar refractivity (Wildman–Crippen MR) is 155 cm³/mol. The Kier molecular flexibility index (Phi) is 8.65. The monoisotopic (exact) mass is 579 g/mol. The molecule has 0 aliphatic carbocycles. The van der Waals surface area contributed by atoms with Gasteiger partial charge in [0.1, 0.15) is 41.8 Å². The number of hydrogen-bond donors (Lipinski definition) is 2. The molecule has 0 saturated carbocycles. The molecule has 5 rings (SSSR count). The van der Waals surface area contributed by atoms with Gasteiger partial charge in [-0.15, -0.1) is 11.3 Å². The molecule has 0 bridgehead atoms. The Bertz CT molecular complexity index is 1580. The van der Waals surface area contributed by atoms with E-state index in [1.807, 2.05) is 12.1 Å². The fraction of sp³-hybridized carbons (Fsp3) is 0.276. The molecule has 11 heteroatoms. The minimum atomic E-state index is -0.348. The van der Waals surface area contributed by atoms with E-state index in [1.165, 1.54) is 34.7 Å². The van der Waals surface area contributed by atoms with Gasteiger partial charge in [-0.25, -0.2) is 19.2 Å². The lowest BCUT2D eigenvalue weighted by molar-refractivity contribution is 0.110. The normalized spacial score (nSPS) is 16.3. The quantitative estimate of drug-likeness (QED) is 0.261. The average molecular weight is 580 g/mol. The second kappa shape index (κ2) is 12.5. The van der Waals surface area contributed by atoms with E-state index in [0.717, 1.165) is 33.6 Å².